The Morgan fingerprint density at radius 2 is 2.27 bits per heavy atom. The van der Waals surface area contributed by atoms with E-state index in [4.69, 9.17) is 4.74 Å². The SMILES string of the molecule is CC(CNC(=O)N1CC(c2ccccc2)C2COCCC21)c1nccs1. The van der Waals surface area contributed by atoms with Gasteiger partial charge in [-0.15, -0.1) is 11.3 Å². The van der Waals surface area contributed by atoms with E-state index in [1.807, 2.05) is 22.5 Å². The number of benzene rings is 1. The molecule has 6 heteroatoms. The maximum absolute atomic E-state index is 12.9. The topological polar surface area (TPSA) is 54.5 Å². The molecule has 0 saturated carbocycles. The third-order valence-electron chi connectivity index (χ3n) is 5.59. The van der Waals surface area contributed by atoms with Crippen molar-refractivity contribution in [1.29, 1.82) is 0 Å². The molecule has 4 atom stereocenters. The maximum Gasteiger partial charge on any atom is 0.317 e. The van der Waals surface area contributed by atoms with Crippen LogP contribution < -0.4 is 5.32 Å². The molecule has 4 rings (SSSR count). The van der Waals surface area contributed by atoms with Gasteiger partial charge in [0.05, 0.1) is 11.6 Å². The van der Waals surface area contributed by atoms with Crippen LogP contribution in [0.2, 0.25) is 0 Å². The summed E-state index contributed by atoms with van der Waals surface area (Å²) in [6.07, 6.45) is 2.74. The van der Waals surface area contributed by atoms with E-state index < -0.39 is 0 Å². The molecule has 26 heavy (non-hydrogen) atoms. The number of amides is 2. The molecule has 1 aromatic heterocycles. The Bertz CT molecular complexity index is 722. The van der Waals surface area contributed by atoms with Crippen molar-refractivity contribution in [2.45, 2.75) is 31.2 Å². The number of nitrogens with zero attached hydrogens (tertiary/aromatic N) is 2. The number of urea groups is 1. The zero-order valence-electron chi connectivity index (χ0n) is 15.0. The molecule has 2 fully saturated rings. The number of rotatable bonds is 4. The lowest BCUT2D eigenvalue weighted by molar-refractivity contribution is 0.0261. The first-order chi connectivity index (χ1) is 12.7. The molecular weight excluding hydrogens is 346 g/mol. The van der Waals surface area contributed by atoms with Crippen molar-refractivity contribution in [3.8, 4) is 0 Å². The van der Waals surface area contributed by atoms with E-state index in [9.17, 15) is 4.79 Å². The molecule has 5 nitrogen and oxygen atoms in total. The van der Waals surface area contributed by atoms with E-state index in [1.54, 1.807) is 11.3 Å². The van der Waals surface area contributed by atoms with Crippen LogP contribution in [-0.2, 0) is 4.74 Å². The molecule has 4 unspecified atom stereocenters. The van der Waals surface area contributed by atoms with Crippen LogP contribution in [0.5, 0.6) is 0 Å². The van der Waals surface area contributed by atoms with Crippen molar-refractivity contribution in [2.24, 2.45) is 5.92 Å². The predicted octanol–water partition coefficient (Wildman–Crippen LogP) is 3.46. The van der Waals surface area contributed by atoms with Gasteiger partial charge in [-0.05, 0) is 12.0 Å². The van der Waals surface area contributed by atoms with Crippen LogP contribution in [0.15, 0.2) is 41.9 Å². The van der Waals surface area contributed by atoms with Crippen molar-refractivity contribution in [3.63, 3.8) is 0 Å². The van der Waals surface area contributed by atoms with Gasteiger partial charge in [0.25, 0.3) is 0 Å². The summed E-state index contributed by atoms with van der Waals surface area (Å²) in [5.74, 6) is 0.967. The first kappa shape index (κ1) is 17.5. The summed E-state index contributed by atoms with van der Waals surface area (Å²) < 4.78 is 5.75. The van der Waals surface area contributed by atoms with Crippen molar-refractivity contribution in [1.82, 2.24) is 15.2 Å². The molecule has 2 saturated heterocycles. The van der Waals surface area contributed by atoms with Crippen molar-refractivity contribution in [2.75, 3.05) is 26.3 Å². The zero-order chi connectivity index (χ0) is 17.9. The minimum atomic E-state index is 0.0451. The Hall–Kier alpha value is -1.92. The van der Waals surface area contributed by atoms with Crippen LogP contribution in [0.1, 0.15) is 35.8 Å². The Kier molecular flexibility index (Phi) is 5.22. The molecule has 0 aliphatic carbocycles. The highest BCUT2D eigenvalue weighted by Gasteiger charge is 2.45. The van der Waals surface area contributed by atoms with Crippen molar-refractivity contribution >= 4 is 17.4 Å². The Morgan fingerprint density at radius 1 is 1.42 bits per heavy atom. The first-order valence-electron chi connectivity index (χ1n) is 9.30. The highest BCUT2D eigenvalue weighted by atomic mass is 32.1. The number of ether oxygens (including phenoxy) is 1. The number of hydrogen-bond acceptors (Lipinski definition) is 4. The average molecular weight is 372 g/mol. The number of nitrogens with one attached hydrogen (secondary N) is 1. The molecule has 0 bridgehead atoms. The number of likely N-dealkylation sites (tertiary alicyclic amines) is 1. The van der Waals surface area contributed by atoms with Gasteiger partial charge in [0.1, 0.15) is 0 Å². The molecule has 0 radical (unpaired) electrons. The van der Waals surface area contributed by atoms with Crippen LogP contribution >= 0.6 is 11.3 Å². The summed E-state index contributed by atoms with van der Waals surface area (Å²) in [5.41, 5.74) is 1.31. The number of hydrogen-bond donors (Lipinski definition) is 1. The van der Waals surface area contributed by atoms with E-state index in [0.717, 1.165) is 31.2 Å². The summed E-state index contributed by atoms with van der Waals surface area (Å²) in [6.45, 7) is 4.96. The lowest BCUT2D eigenvalue weighted by atomic mass is 9.84. The second-order valence-corrected chi connectivity index (χ2v) is 8.15. The largest absolute Gasteiger partial charge is 0.381 e. The summed E-state index contributed by atoms with van der Waals surface area (Å²) in [5, 5.41) is 6.18. The first-order valence-corrected chi connectivity index (χ1v) is 10.2. The summed E-state index contributed by atoms with van der Waals surface area (Å²) in [4.78, 5) is 19.3. The zero-order valence-corrected chi connectivity index (χ0v) is 15.8. The molecule has 3 heterocycles. The lowest BCUT2D eigenvalue weighted by Crippen LogP contribution is -2.47. The Balaban J connectivity index is 1.44. The maximum atomic E-state index is 12.9. The molecule has 1 aromatic carbocycles. The van der Waals surface area contributed by atoms with Crippen LogP contribution in [0.4, 0.5) is 4.79 Å². The number of fused-ring (bicyclic) bond motifs is 1. The second-order valence-electron chi connectivity index (χ2n) is 7.22. The minimum Gasteiger partial charge on any atom is -0.381 e. The molecule has 138 valence electrons. The third-order valence-corrected chi connectivity index (χ3v) is 6.60. The number of thiazole rings is 1. The van der Waals surface area contributed by atoms with Gasteiger partial charge in [0.15, 0.2) is 0 Å². The number of aromatic nitrogens is 1. The predicted molar refractivity (Wildman–Crippen MR) is 103 cm³/mol. The molecule has 1 N–H and O–H groups in total. The lowest BCUT2D eigenvalue weighted by Gasteiger charge is -2.32. The second kappa shape index (κ2) is 7.76. The highest BCUT2D eigenvalue weighted by Crippen LogP contribution is 2.40. The van der Waals surface area contributed by atoms with E-state index in [-0.39, 0.29) is 18.0 Å². The summed E-state index contributed by atoms with van der Waals surface area (Å²) in [6, 6.07) is 10.8. The van der Waals surface area contributed by atoms with Crippen LogP contribution in [0.25, 0.3) is 0 Å². The average Bonchev–Trinajstić information content (AvgIpc) is 3.35. The van der Waals surface area contributed by atoms with E-state index in [2.05, 4.69) is 41.5 Å². The van der Waals surface area contributed by atoms with Crippen LogP contribution in [0, 0.1) is 5.92 Å². The quantitative estimate of drug-likeness (QED) is 0.895. The molecular formula is C20H25N3O2S. The van der Waals surface area contributed by atoms with Gasteiger partial charge in [0, 0.05) is 55.1 Å². The van der Waals surface area contributed by atoms with E-state index in [0.29, 0.717) is 18.4 Å². The van der Waals surface area contributed by atoms with Gasteiger partial charge >= 0.3 is 6.03 Å². The van der Waals surface area contributed by atoms with Gasteiger partial charge in [-0.2, -0.15) is 0 Å². The summed E-state index contributed by atoms with van der Waals surface area (Å²) >= 11 is 1.64. The fourth-order valence-corrected chi connectivity index (χ4v) is 4.89. The van der Waals surface area contributed by atoms with Gasteiger partial charge in [-0.1, -0.05) is 37.3 Å². The van der Waals surface area contributed by atoms with E-state index >= 15 is 0 Å². The third kappa shape index (κ3) is 3.48. The molecule has 2 amide bonds. The van der Waals surface area contributed by atoms with Crippen LogP contribution in [0.3, 0.4) is 0 Å². The van der Waals surface area contributed by atoms with Crippen molar-refractivity contribution < 1.29 is 9.53 Å². The number of carbonyl (C=O) groups excluding carboxylic acids is 1. The van der Waals surface area contributed by atoms with Gasteiger partial charge in [-0.3, -0.25) is 0 Å². The normalized spacial score (nSPS) is 26.3. The standard InChI is InChI=1S/C20H25N3O2S/c1-14(19-21-8-10-26-19)11-22-20(24)23-12-16(15-5-3-2-4-6-15)17-13-25-9-7-18(17)23/h2-6,8,10,14,16-18H,7,9,11-13H2,1H3,(H,22,24). The van der Waals surface area contributed by atoms with Crippen molar-refractivity contribution in [3.05, 3.63) is 52.5 Å². The molecule has 2 aliphatic heterocycles. The molecule has 2 aliphatic rings. The Labute approximate surface area is 158 Å². The van der Waals surface area contributed by atoms with E-state index in [1.165, 1.54) is 5.56 Å². The summed E-state index contributed by atoms with van der Waals surface area (Å²) in [7, 11) is 0. The monoisotopic (exact) mass is 371 g/mol. The fourth-order valence-electron chi connectivity index (χ4n) is 4.20. The molecule has 2 aromatic rings. The van der Waals surface area contributed by atoms with Gasteiger partial charge in [0.2, 0.25) is 0 Å². The minimum absolute atomic E-state index is 0.0451. The Morgan fingerprint density at radius 3 is 3.04 bits per heavy atom. The fraction of sp³-hybridized carbons (Fsp3) is 0.500. The van der Waals surface area contributed by atoms with Crippen LogP contribution in [-0.4, -0.2) is 48.3 Å². The highest BCUT2D eigenvalue weighted by molar-refractivity contribution is 7.09. The van der Waals surface area contributed by atoms with Gasteiger partial charge in [-0.25, -0.2) is 9.78 Å². The molecule has 0 spiro atoms. The van der Waals surface area contributed by atoms with Gasteiger partial charge < -0.3 is 15.0 Å². The smallest absolute Gasteiger partial charge is 0.317 e. The number of carbonyl (C=O) groups is 1.